The maximum atomic E-state index is 13.1. The second kappa shape index (κ2) is 8.21. The molecule has 0 bridgehead atoms. The van der Waals surface area contributed by atoms with Crippen LogP contribution in [0.5, 0.6) is 0 Å². The first-order valence-electron chi connectivity index (χ1n) is 8.49. The van der Waals surface area contributed by atoms with E-state index in [1.54, 1.807) is 23.1 Å². The molecule has 0 saturated carbocycles. The summed E-state index contributed by atoms with van der Waals surface area (Å²) in [5, 5.41) is 0. The van der Waals surface area contributed by atoms with Crippen molar-refractivity contribution in [3.8, 4) is 0 Å². The van der Waals surface area contributed by atoms with Crippen LogP contribution in [-0.2, 0) is 4.79 Å². The summed E-state index contributed by atoms with van der Waals surface area (Å²) in [6.07, 6.45) is -3.64. The highest BCUT2D eigenvalue weighted by molar-refractivity contribution is 6.23. The molecule has 0 amide bonds. The van der Waals surface area contributed by atoms with Gasteiger partial charge in [-0.3, -0.25) is 4.79 Å². The molecule has 0 aromatic heterocycles. The predicted octanol–water partition coefficient (Wildman–Crippen LogP) is 5.81. The Kier molecular flexibility index (Phi) is 6.24. The first kappa shape index (κ1) is 19.8. The SMILES string of the molecule is CCN(/C=C(\C(=O)C(F)(F)F)c1ccccc1)c1ccc(C(C)C)cc1. The summed E-state index contributed by atoms with van der Waals surface area (Å²) in [4.78, 5) is 13.6. The van der Waals surface area contributed by atoms with Crippen LogP contribution in [0.1, 0.15) is 37.8 Å². The molecule has 138 valence electrons. The number of halogens is 3. The third-order valence-corrected chi connectivity index (χ3v) is 4.10. The van der Waals surface area contributed by atoms with Crippen molar-refractivity contribution in [3.63, 3.8) is 0 Å². The van der Waals surface area contributed by atoms with Gasteiger partial charge in [0.25, 0.3) is 5.78 Å². The molecule has 0 radical (unpaired) electrons. The highest BCUT2D eigenvalue weighted by Crippen LogP contribution is 2.29. The lowest BCUT2D eigenvalue weighted by molar-refractivity contribution is -0.164. The molecule has 0 aliphatic rings. The van der Waals surface area contributed by atoms with Crippen LogP contribution in [0.4, 0.5) is 18.9 Å². The molecule has 2 aromatic rings. The van der Waals surface area contributed by atoms with Gasteiger partial charge in [-0.15, -0.1) is 0 Å². The monoisotopic (exact) mass is 361 g/mol. The maximum absolute atomic E-state index is 13.1. The lowest BCUT2D eigenvalue weighted by Crippen LogP contribution is -2.26. The van der Waals surface area contributed by atoms with Crippen molar-refractivity contribution in [2.75, 3.05) is 11.4 Å². The zero-order valence-corrected chi connectivity index (χ0v) is 15.0. The standard InChI is InChI=1S/C21H22F3NO/c1-4-25(18-12-10-16(11-13-18)15(2)3)14-19(20(26)21(22,23)24)17-8-6-5-7-9-17/h5-15H,4H2,1-3H3/b19-14-. The van der Waals surface area contributed by atoms with Crippen LogP contribution in [0, 0.1) is 0 Å². The van der Waals surface area contributed by atoms with E-state index < -0.39 is 12.0 Å². The Balaban J connectivity index is 2.47. The third kappa shape index (κ3) is 4.75. The van der Waals surface area contributed by atoms with Crippen molar-refractivity contribution < 1.29 is 18.0 Å². The van der Waals surface area contributed by atoms with Crippen LogP contribution in [0.25, 0.3) is 5.57 Å². The average molecular weight is 361 g/mol. The number of carbonyl (C=O) groups excluding carboxylic acids is 1. The van der Waals surface area contributed by atoms with Crippen molar-refractivity contribution in [3.05, 3.63) is 71.9 Å². The maximum Gasteiger partial charge on any atom is 0.454 e. The summed E-state index contributed by atoms with van der Waals surface area (Å²) >= 11 is 0. The van der Waals surface area contributed by atoms with Gasteiger partial charge in [0, 0.05) is 18.4 Å². The second-order valence-corrected chi connectivity index (χ2v) is 6.27. The lowest BCUT2D eigenvalue weighted by atomic mass is 10.0. The molecule has 0 heterocycles. The van der Waals surface area contributed by atoms with Gasteiger partial charge in [-0.1, -0.05) is 56.3 Å². The van der Waals surface area contributed by atoms with Crippen LogP contribution in [0.3, 0.4) is 0 Å². The van der Waals surface area contributed by atoms with Crippen molar-refractivity contribution in [2.24, 2.45) is 0 Å². The summed E-state index contributed by atoms with van der Waals surface area (Å²) in [5.41, 5.74) is 1.75. The second-order valence-electron chi connectivity index (χ2n) is 6.27. The Hall–Kier alpha value is -2.56. The van der Waals surface area contributed by atoms with E-state index in [1.807, 2.05) is 31.2 Å². The fourth-order valence-corrected chi connectivity index (χ4v) is 2.59. The van der Waals surface area contributed by atoms with Gasteiger partial charge in [0.2, 0.25) is 0 Å². The molecule has 2 aromatic carbocycles. The minimum atomic E-state index is -4.93. The zero-order valence-electron chi connectivity index (χ0n) is 15.0. The number of carbonyl (C=O) groups is 1. The van der Waals surface area contributed by atoms with E-state index in [2.05, 4.69) is 13.8 Å². The van der Waals surface area contributed by atoms with Crippen LogP contribution in [0.15, 0.2) is 60.8 Å². The Morgan fingerprint density at radius 2 is 1.62 bits per heavy atom. The number of anilines is 1. The van der Waals surface area contributed by atoms with Gasteiger partial charge in [0.1, 0.15) is 0 Å². The van der Waals surface area contributed by atoms with E-state index >= 15 is 0 Å². The van der Waals surface area contributed by atoms with Crippen molar-refractivity contribution in [2.45, 2.75) is 32.9 Å². The molecule has 0 aliphatic heterocycles. The normalized spacial score (nSPS) is 12.3. The van der Waals surface area contributed by atoms with Crippen LogP contribution in [-0.4, -0.2) is 18.5 Å². The molecule has 0 N–H and O–H groups in total. The molecule has 0 aliphatic carbocycles. The van der Waals surface area contributed by atoms with E-state index in [0.29, 0.717) is 12.5 Å². The highest BCUT2D eigenvalue weighted by Gasteiger charge is 2.41. The number of alkyl halides is 3. The summed E-state index contributed by atoms with van der Waals surface area (Å²) in [7, 11) is 0. The summed E-state index contributed by atoms with van der Waals surface area (Å²) in [6.45, 7) is 6.40. The predicted molar refractivity (Wildman–Crippen MR) is 99.0 cm³/mol. The molecule has 5 heteroatoms. The van der Waals surface area contributed by atoms with Gasteiger partial charge in [0.15, 0.2) is 0 Å². The number of nitrogens with zero attached hydrogens (tertiary/aromatic N) is 1. The number of hydrogen-bond donors (Lipinski definition) is 0. The molecule has 0 spiro atoms. The summed E-state index contributed by atoms with van der Waals surface area (Å²) in [6, 6.07) is 15.5. The van der Waals surface area contributed by atoms with Gasteiger partial charge >= 0.3 is 6.18 Å². The first-order chi connectivity index (χ1) is 12.2. The largest absolute Gasteiger partial charge is 0.454 e. The van der Waals surface area contributed by atoms with Gasteiger partial charge in [-0.25, -0.2) is 0 Å². The van der Waals surface area contributed by atoms with Crippen LogP contribution >= 0.6 is 0 Å². The first-order valence-corrected chi connectivity index (χ1v) is 8.49. The van der Waals surface area contributed by atoms with E-state index in [1.165, 1.54) is 18.3 Å². The van der Waals surface area contributed by atoms with Gasteiger partial charge < -0.3 is 4.90 Å². The molecule has 0 atom stereocenters. The quantitative estimate of drug-likeness (QED) is 0.605. The topological polar surface area (TPSA) is 20.3 Å². The molecular formula is C21H22F3NO. The van der Waals surface area contributed by atoms with E-state index in [9.17, 15) is 18.0 Å². The van der Waals surface area contributed by atoms with Gasteiger partial charge in [-0.2, -0.15) is 13.2 Å². The minimum absolute atomic E-state index is 0.243. The molecular weight excluding hydrogens is 339 g/mol. The Bertz CT molecular complexity index is 762. The number of hydrogen-bond acceptors (Lipinski definition) is 2. The van der Waals surface area contributed by atoms with Gasteiger partial charge in [-0.05, 0) is 36.1 Å². The molecule has 2 rings (SSSR count). The van der Waals surface area contributed by atoms with Crippen molar-refractivity contribution in [1.29, 1.82) is 0 Å². The fraction of sp³-hybridized carbons (Fsp3) is 0.286. The Morgan fingerprint density at radius 3 is 2.08 bits per heavy atom. The summed E-state index contributed by atoms with van der Waals surface area (Å²) in [5.74, 6) is -1.48. The van der Waals surface area contributed by atoms with E-state index in [0.717, 1.165) is 11.3 Å². The Morgan fingerprint density at radius 1 is 1.04 bits per heavy atom. The molecule has 2 nitrogen and oxygen atoms in total. The lowest BCUT2D eigenvalue weighted by Gasteiger charge is -2.21. The zero-order chi connectivity index (χ0) is 19.3. The minimum Gasteiger partial charge on any atom is -0.348 e. The van der Waals surface area contributed by atoms with Crippen LogP contribution in [0.2, 0.25) is 0 Å². The number of allylic oxidation sites excluding steroid dienone is 1. The van der Waals surface area contributed by atoms with Crippen molar-refractivity contribution in [1.82, 2.24) is 0 Å². The molecule has 26 heavy (non-hydrogen) atoms. The van der Waals surface area contributed by atoms with E-state index in [4.69, 9.17) is 0 Å². The molecule has 0 saturated heterocycles. The van der Waals surface area contributed by atoms with Crippen LogP contribution < -0.4 is 4.90 Å². The molecule has 0 fully saturated rings. The number of Topliss-reactive ketones (excluding diaryl/α,β-unsaturated/α-hetero) is 1. The number of benzene rings is 2. The number of ketones is 1. The average Bonchev–Trinajstić information content (AvgIpc) is 2.62. The van der Waals surface area contributed by atoms with Crippen molar-refractivity contribution >= 4 is 17.0 Å². The highest BCUT2D eigenvalue weighted by atomic mass is 19.4. The number of rotatable bonds is 6. The third-order valence-electron chi connectivity index (χ3n) is 4.10. The van der Waals surface area contributed by atoms with Gasteiger partial charge in [0.05, 0.1) is 5.57 Å². The van der Waals surface area contributed by atoms with E-state index in [-0.39, 0.29) is 11.1 Å². The smallest absolute Gasteiger partial charge is 0.348 e. The Labute approximate surface area is 152 Å². The summed E-state index contributed by atoms with van der Waals surface area (Å²) < 4.78 is 39.2. The fourth-order valence-electron chi connectivity index (χ4n) is 2.59. The molecule has 0 unspecified atom stereocenters.